The largest absolute Gasteiger partial charge is 0.391 e. The number of hydrogen-bond donors (Lipinski definition) is 1. The van der Waals surface area contributed by atoms with Crippen LogP contribution >= 0.6 is 0 Å². The zero-order valence-corrected chi connectivity index (χ0v) is 10.2. The smallest absolute Gasteiger partial charge is 0.293 e. The second-order valence-corrected chi connectivity index (χ2v) is 4.38. The van der Waals surface area contributed by atoms with Gasteiger partial charge in [0, 0.05) is 11.6 Å². The first-order valence-electron chi connectivity index (χ1n) is 5.68. The lowest BCUT2D eigenvalue weighted by Gasteiger charge is -2.16. The van der Waals surface area contributed by atoms with Gasteiger partial charge in [0.15, 0.2) is 5.78 Å². The molecule has 1 atom stereocenters. The maximum absolute atomic E-state index is 11.7. The fraction of sp³-hybridized carbons (Fsp3) is 0.333. The van der Waals surface area contributed by atoms with E-state index in [-0.39, 0.29) is 41.6 Å². The number of anilines is 1. The van der Waals surface area contributed by atoms with Crippen molar-refractivity contribution in [1.29, 1.82) is 0 Å². The summed E-state index contributed by atoms with van der Waals surface area (Å²) in [6.45, 7) is 1.34. The summed E-state index contributed by atoms with van der Waals surface area (Å²) < 4.78 is 0. The molecule has 1 saturated heterocycles. The Morgan fingerprint density at radius 3 is 2.68 bits per heavy atom. The molecule has 100 valence electrons. The zero-order valence-electron chi connectivity index (χ0n) is 10.2. The first-order chi connectivity index (χ1) is 8.90. The molecule has 0 radical (unpaired) electrons. The van der Waals surface area contributed by atoms with Gasteiger partial charge in [0.05, 0.1) is 24.0 Å². The molecular formula is C12H12N2O5. The third kappa shape index (κ3) is 2.45. The van der Waals surface area contributed by atoms with Crippen molar-refractivity contribution in [1.82, 2.24) is 0 Å². The van der Waals surface area contributed by atoms with Crippen molar-refractivity contribution in [2.45, 2.75) is 19.4 Å². The molecule has 1 aromatic carbocycles. The van der Waals surface area contributed by atoms with Crippen LogP contribution in [0.2, 0.25) is 0 Å². The second kappa shape index (κ2) is 4.77. The minimum atomic E-state index is -0.820. The van der Waals surface area contributed by atoms with Crippen molar-refractivity contribution in [3.8, 4) is 0 Å². The van der Waals surface area contributed by atoms with Crippen LogP contribution in [0.1, 0.15) is 23.7 Å². The first kappa shape index (κ1) is 13.2. The molecule has 1 aromatic rings. The Morgan fingerprint density at radius 2 is 2.21 bits per heavy atom. The molecule has 0 aromatic heterocycles. The quantitative estimate of drug-likeness (QED) is 0.496. The molecule has 1 heterocycles. The van der Waals surface area contributed by atoms with E-state index in [1.54, 1.807) is 0 Å². The van der Waals surface area contributed by atoms with Gasteiger partial charge < -0.3 is 10.0 Å². The molecule has 7 nitrogen and oxygen atoms in total. The highest BCUT2D eigenvalue weighted by Gasteiger charge is 2.33. The minimum absolute atomic E-state index is 0.0269. The third-order valence-corrected chi connectivity index (χ3v) is 2.97. The van der Waals surface area contributed by atoms with E-state index in [1.807, 2.05) is 0 Å². The van der Waals surface area contributed by atoms with Crippen LogP contribution in [0.5, 0.6) is 0 Å². The third-order valence-electron chi connectivity index (χ3n) is 2.97. The number of rotatable bonds is 3. The van der Waals surface area contributed by atoms with Gasteiger partial charge in [-0.25, -0.2) is 0 Å². The lowest BCUT2D eigenvalue weighted by Crippen LogP contribution is -2.26. The van der Waals surface area contributed by atoms with E-state index >= 15 is 0 Å². The van der Waals surface area contributed by atoms with E-state index in [1.165, 1.54) is 24.0 Å². The van der Waals surface area contributed by atoms with Crippen molar-refractivity contribution in [3.05, 3.63) is 33.9 Å². The molecule has 1 amide bonds. The lowest BCUT2D eigenvalue weighted by molar-refractivity contribution is -0.384. The lowest BCUT2D eigenvalue weighted by atomic mass is 10.1. The van der Waals surface area contributed by atoms with Crippen LogP contribution in [0.3, 0.4) is 0 Å². The highest BCUT2D eigenvalue weighted by atomic mass is 16.6. The number of aliphatic hydroxyl groups excluding tert-OH is 1. The van der Waals surface area contributed by atoms with Gasteiger partial charge in [-0.2, -0.15) is 0 Å². The standard InChI is InChI=1S/C12H12N2O5/c1-7(15)8-2-3-10(11(4-8)14(18)19)13-6-9(16)5-12(13)17/h2-4,9,16H,5-6H2,1H3. The molecule has 0 bridgehead atoms. The highest BCUT2D eigenvalue weighted by molar-refractivity contribution is 6.00. The van der Waals surface area contributed by atoms with Gasteiger partial charge in [0.2, 0.25) is 5.91 Å². The van der Waals surface area contributed by atoms with Gasteiger partial charge in [-0.3, -0.25) is 19.7 Å². The molecule has 2 rings (SSSR count). The number of benzene rings is 1. The summed E-state index contributed by atoms with van der Waals surface area (Å²) in [6, 6.07) is 3.95. The summed E-state index contributed by atoms with van der Waals surface area (Å²) in [5.41, 5.74) is 0.00865. The number of nitro groups is 1. The number of hydrogen-bond acceptors (Lipinski definition) is 5. The summed E-state index contributed by atoms with van der Waals surface area (Å²) in [5, 5.41) is 20.5. The van der Waals surface area contributed by atoms with E-state index in [9.17, 15) is 24.8 Å². The number of nitro benzene ring substituents is 1. The number of β-amino-alcohol motifs (C(OH)–C–C–N with tert-alkyl or cyclic N) is 1. The minimum Gasteiger partial charge on any atom is -0.391 e. The number of amides is 1. The van der Waals surface area contributed by atoms with Gasteiger partial charge in [0.25, 0.3) is 5.69 Å². The fourth-order valence-corrected chi connectivity index (χ4v) is 2.04. The van der Waals surface area contributed by atoms with E-state index in [0.717, 1.165) is 6.07 Å². The van der Waals surface area contributed by atoms with E-state index in [0.29, 0.717) is 0 Å². The van der Waals surface area contributed by atoms with E-state index in [4.69, 9.17) is 0 Å². The molecule has 1 aliphatic heterocycles. The van der Waals surface area contributed by atoms with Gasteiger partial charge in [0.1, 0.15) is 5.69 Å². The van der Waals surface area contributed by atoms with Crippen molar-refractivity contribution >= 4 is 23.1 Å². The van der Waals surface area contributed by atoms with Crippen molar-refractivity contribution in [2.75, 3.05) is 11.4 Å². The molecule has 7 heteroatoms. The molecule has 1 fully saturated rings. The summed E-state index contributed by atoms with van der Waals surface area (Å²) in [6.07, 6.45) is -0.870. The molecule has 1 unspecified atom stereocenters. The Labute approximate surface area is 108 Å². The molecule has 19 heavy (non-hydrogen) atoms. The van der Waals surface area contributed by atoms with Gasteiger partial charge in [-0.15, -0.1) is 0 Å². The topological polar surface area (TPSA) is 101 Å². The van der Waals surface area contributed by atoms with Crippen LogP contribution in [-0.2, 0) is 4.79 Å². The summed E-state index contributed by atoms with van der Waals surface area (Å²) in [4.78, 5) is 34.5. The molecule has 0 saturated carbocycles. The Hall–Kier alpha value is -2.28. The van der Waals surface area contributed by atoms with E-state index in [2.05, 4.69) is 0 Å². The normalized spacial score (nSPS) is 18.7. The number of carbonyl (C=O) groups is 2. The molecule has 1 N–H and O–H groups in total. The highest BCUT2D eigenvalue weighted by Crippen LogP contribution is 2.32. The van der Waals surface area contributed by atoms with Gasteiger partial charge >= 0.3 is 0 Å². The Bertz CT molecular complexity index is 569. The zero-order chi connectivity index (χ0) is 14.2. The van der Waals surface area contributed by atoms with Gasteiger partial charge in [-0.1, -0.05) is 0 Å². The van der Waals surface area contributed by atoms with Crippen LogP contribution in [-0.4, -0.2) is 34.4 Å². The Kier molecular flexibility index (Phi) is 3.30. The number of ketones is 1. The average molecular weight is 264 g/mol. The predicted octanol–water partition coefficient (Wildman–Crippen LogP) is 0.895. The maximum Gasteiger partial charge on any atom is 0.293 e. The average Bonchev–Trinajstić information content (AvgIpc) is 2.67. The number of Topliss-reactive ketones (excluding diaryl/α,β-unsaturated/α-hetero) is 1. The first-order valence-corrected chi connectivity index (χ1v) is 5.68. The Balaban J connectivity index is 2.48. The van der Waals surface area contributed by atoms with Crippen molar-refractivity contribution in [2.24, 2.45) is 0 Å². The molecular weight excluding hydrogens is 252 g/mol. The van der Waals surface area contributed by atoms with Crippen LogP contribution in [0.15, 0.2) is 18.2 Å². The summed E-state index contributed by atoms with van der Waals surface area (Å²) >= 11 is 0. The number of aliphatic hydroxyl groups is 1. The predicted molar refractivity (Wildman–Crippen MR) is 66.1 cm³/mol. The fourth-order valence-electron chi connectivity index (χ4n) is 2.04. The van der Waals surface area contributed by atoms with Crippen LogP contribution < -0.4 is 4.90 Å². The second-order valence-electron chi connectivity index (χ2n) is 4.38. The van der Waals surface area contributed by atoms with Crippen LogP contribution in [0.4, 0.5) is 11.4 Å². The van der Waals surface area contributed by atoms with Crippen molar-refractivity contribution < 1.29 is 19.6 Å². The van der Waals surface area contributed by atoms with E-state index < -0.39 is 11.0 Å². The molecule has 0 aliphatic carbocycles. The maximum atomic E-state index is 11.7. The number of nitrogens with zero attached hydrogens (tertiary/aromatic N) is 2. The Morgan fingerprint density at radius 1 is 1.53 bits per heavy atom. The summed E-state index contributed by atoms with van der Waals surface area (Å²) in [5.74, 6) is -0.659. The molecule has 1 aliphatic rings. The summed E-state index contributed by atoms with van der Waals surface area (Å²) in [7, 11) is 0. The number of carbonyl (C=O) groups excluding carboxylic acids is 2. The van der Waals surface area contributed by atoms with Crippen LogP contribution in [0.25, 0.3) is 0 Å². The van der Waals surface area contributed by atoms with Crippen LogP contribution in [0, 0.1) is 10.1 Å². The van der Waals surface area contributed by atoms with Gasteiger partial charge in [-0.05, 0) is 19.1 Å². The SMILES string of the molecule is CC(=O)c1ccc(N2CC(O)CC2=O)c([N+](=O)[O-])c1. The monoisotopic (exact) mass is 264 g/mol. The van der Waals surface area contributed by atoms with Crippen molar-refractivity contribution in [3.63, 3.8) is 0 Å². The molecule has 0 spiro atoms.